The molecule has 0 radical (unpaired) electrons. The van der Waals surface area contributed by atoms with Crippen molar-refractivity contribution in [1.82, 2.24) is 9.88 Å². The Balaban J connectivity index is 1.98. The number of nitrogens with zero attached hydrogens (tertiary/aromatic N) is 2. The van der Waals surface area contributed by atoms with Crippen LogP contribution in [0.1, 0.15) is 11.3 Å². The van der Waals surface area contributed by atoms with E-state index in [9.17, 15) is 0 Å². The largest absolute Gasteiger partial charge is 0.384 e. The van der Waals surface area contributed by atoms with E-state index in [0.29, 0.717) is 5.82 Å². The van der Waals surface area contributed by atoms with Crippen molar-refractivity contribution in [1.29, 1.82) is 0 Å². The van der Waals surface area contributed by atoms with Gasteiger partial charge in [-0.3, -0.25) is 4.90 Å². The number of nitrogen functional groups attached to an aromatic ring is 1. The fraction of sp³-hybridized carbons (Fsp3) is 0.214. The van der Waals surface area contributed by atoms with Gasteiger partial charge < -0.3 is 5.73 Å². The van der Waals surface area contributed by atoms with E-state index in [4.69, 9.17) is 17.3 Å². The first-order chi connectivity index (χ1) is 8.63. The Bertz CT molecular complexity index is 480. The molecule has 4 heteroatoms. The quantitative estimate of drug-likeness (QED) is 0.920. The number of anilines is 1. The van der Waals surface area contributed by atoms with Gasteiger partial charge in [0.05, 0.1) is 5.69 Å². The zero-order chi connectivity index (χ0) is 13.0. The standard InChI is InChI=1S/C14H16ClN3/c1-18(9-11-4-2-5-12(15)8-11)10-13-6-3-7-14(16)17-13/h2-8H,9-10H2,1H3,(H2,16,17). The summed E-state index contributed by atoms with van der Waals surface area (Å²) in [6, 6.07) is 13.6. The van der Waals surface area contributed by atoms with Crippen molar-refractivity contribution in [2.45, 2.75) is 13.1 Å². The first-order valence-corrected chi connectivity index (χ1v) is 6.15. The van der Waals surface area contributed by atoms with Crippen molar-refractivity contribution in [3.8, 4) is 0 Å². The molecule has 0 saturated heterocycles. The molecule has 0 bridgehead atoms. The fourth-order valence-corrected chi connectivity index (χ4v) is 2.08. The van der Waals surface area contributed by atoms with Crippen molar-refractivity contribution in [2.75, 3.05) is 12.8 Å². The summed E-state index contributed by atoms with van der Waals surface area (Å²) in [5, 5.41) is 0.767. The minimum absolute atomic E-state index is 0.559. The van der Waals surface area contributed by atoms with Crippen LogP contribution in [0.2, 0.25) is 5.02 Å². The Morgan fingerprint density at radius 1 is 1.17 bits per heavy atom. The molecule has 3 nitrogen and oxygen atoms in total. The maximum absolute atomic E-state index is 5.96. The van der Waals surface area contributed by atoms with Gasteiger partial charge in [0.15, 0.2) is 0 Å². The van der Waals surface area contributed by atoms with E-state index in [1.54, 1.807) is 6.07 Å². The number of aromatic nitrogens is 1. The second-order valence-electron chi connectivity index (χ2n) is 4.36. The highest BCUT2D eigenvalue weighted by molar-refractivity contribution is 6.30. The van der Waals surface area contributed by atoms with Crippen LogP contribution in [-0.4, -0.2) is 16.9 Å². The predicted molar refractivity (Wildman–Crippen MR) is 75.3 cm³/mol. The summed E-state index contributed by atoms with van der Waals surface area (Å²) in [7, 11) is 2.05. The summed E-state index contributed by atoms with van der Waals surface area (Å²) in [5.41, 5.74) is 7.82. The van der Waals surface area contributed by atoms with Gasteiger partial charge in [-0.25, -0.2) is 4.98 Å². The third-order valence-electron chi connectivity index (χ3n) is 2.60. The summed E-state index contributed by atoms with van der Waals surface area (Å²) >= 11 is 5.96. The number of halogens is 1. The smallest absolute Gasteiger partial charge is 0.123 e. The summed E-state index contributed by atoms with van der Waals surface area (Å²) in [4.78, 5) is 6.46. The highest BCUT2D eigenvalue weighted by Gasteiger charge is 2.03. The van der Waals surface area contributed by atoms with Gasteiger partial charge in [0.1, 0.15) is 5.82 Å². The molecule has 1 aromatic heterocycles. The van der Waals surface area contributed by atoms with Crippen LogP contribution in [-0.2, 0) is 13.1 Å². The number of nitrogens with two attached hydrogens (primary N) is 1. The molecule has 0 saturated carbocycles. The molecule has 0 spiro atoms. The Hall–Kier alpha value is -1.58. The van der Waals surface area contributed by atoms with Gasteiger partial charge in [0.2, 0.25) is 0 Å². The van der Waals surface area contributed by atoms with E-state index >= 15 is 0 Å². The summed E-state index contributed by atoms with van der Waals surface area (Å²) in [6.07, 6.45) is 0. The molecular weight excluding hydrogens is 246 g/mol. The monoisotopic (exact) mass is 261 g/mol. The second kappa shape index (κ2) is 5.85. The number of pyridine rings is 1. The van der Waals surface area contributed by atoms with E-state index in [0.717, 1.165) is 23.8 Å². The number of hydrogen-bond donors (Lipinski definition) is 1. The normalized spacial score (nSPS) is 10.8. The molecule has 0 aliphatic heterocycles. The zero-order valence-corrected chi connectivity index (χ0v) is 11.1. The van der Waals surface area contributed by atoms with Crippen LogP contribution in [0.25, 0.3) is 0 Å². The van der Waals surface area contributed by atoms with Gasteiger partial charge in [-0.1, -0.05) is 29.8 Å². The Labute approximate surface area is 112 Å². The maximum Gasteiger partial charge on any atom is 0.123 e. The minimum atomic E-state index is 0.559. The Morgan fingerprint density at radius 2 is 1.94 bits per heavy atom. The lowest BCUT2D eigenvalue weighted by Gasteiger charge is -2.16. The molecule has 2 N–H and O–H groups in total. The summed E-state index contributed by atoms with van der Waals surface area (Å²) < 4.78 is 0. The molecule has 0 fully saturated rings. The lowest BCUT2D eigenvalue weighted by molar-refractivity contribution is 0.315. The molecule has 0 aliphatic carbocycles. The summed E-state index contributed by atoms with van der Waals surface area (Å²) in [5.74, 6) is 0.559. The molecule has 0 unspecified atom stereocenters. The van der Waals surface area contributed by atoms with E-state index in [1.807, 2.05) is 37.4 Å². The topological polar surface area (TPSA) is 42.1 Å². The van der Waals surface area contributed by atoms with Crippen molar-refractivity contribution in [2.24, 2.45) is 0 Å². The van der Waals surface area contributed by atoms with Crippen molar-refractivity contribution < 1.29 is 0 Å². The van der Waals surface area contributed by atoms with Crippen molar-refractivity contribution in [3.05, 3.63) is 58.7 Å². The molecule has 2 rings (SSSR count). The predicted octanol–water partition coefficient (Wildman–Crippen LogP) is 2.95. The average Bonchev–Trinajstić information content (AvgIpc) is 2.28. The van der Waals surface area contributed by atoms with Gasteiger partial charge in [-0.2, -0.15) is 0 Å². The fourth-order valence-electron chi connectivity index (χ4n) is 1.87. The van der Waals surface area contributed by atoms with Crippen LogP contribution in [0.3, 0.4) is 0 Å². The van der Waals surface area contributed by atoms with Gasteiger partial charge in [0, 0.05) is 18.1 Å². The molecule has 0 amide bonds. The van der Waals surface area contributed by atoms with Gasteiger partial charge in [-0.05, 0) is 36.9 Å². The number of rotatable bonds is 4. The second-order valence-corrected chi connectivity index (χ2v) is 4.79. The lowest BCUT2D eigenvalue weighted by atomic mass is 10.2. The summed E-state index contributed by atoms with van der Waals surface area (Å²) in [6.45, 7) is 1.59. The van der Waals surface area contributed by atoms with Crippen LogP contribution in [0, 0.1) is 0 Å². The first kappa shape index (κ1) is 12.9. The van der Waals surface area contributed by atoms with Crippen LogP contribution < -0.4 is 5.73 Å². The van der Waals surface area contributed by atoms with Gasteiger partial charge >= 0.3 is 0 Å². The molecule has 94 valence electrons. The van der Waals surface area contributed by atoms with Crippen molar-refractivity contribution >= 4 is 17.4 Å². The molecule has 1 aromatic carbocycles. The maximum atomic E-state index is 5.96. The highest BCUT2D eigenvalue weighted by Crippen LogP contribution is 2.13. The van der Waals surface area contributed by atoms with Crippen molar-refractivity contribution in [3.63, 3.8) is 0 Å². The Morgan fingerprint density at radius 3 is 2.67 bits per heavy atom. The molecule has 0 aliphatic rings. The SMILES string of the molecule is CN(Cc1cccc(Cl)c1)Cc1cccc(N)n1. The number of benzene rings is 1. The van der Waals surface area contributed by atoms with Crippen LogP contribution in [0.15, 0.2) is 42.5 Å². The third kappa shape index (κ3) is 3.72. The number of hydrogen-bond acceptors (Lipinski definition) is 3. The zero-order valence-electron chi connectivity index (χ0n) is 10.3. The van der Waals surface area contributed by atoms with Gasteiger partial charge in [0.25, 0.3) is 0 Å². The van der Waals surface area contributed by atoms with E-state index in [-0.39, 0.29) is 0 Å². The molecule has 18 heavy (non-hydrogen) atoms. The minimum Gasteiger partial charge on any atom is -0.384 e. The Kier molecular flexibility index (Phi) is 4.18. The van der Waals surface area contributed by atoms with Crippen LogP contribution in [0.5, 0.6) is 0 Å². The third-order valence-corrected chi connectivity index (χ3v) is 2.84. The molecule has 2 aromatic rings. The molecular formula is C14H16ClN3. The van der Waals surface area contributed by atoms with E-state index in [1.165, 1.54) is 5.56 Å². The van der Waals surface area contributed by atoms with E-state index in [2.05, 4.69) is 16.0 Å². The van der Waals surface area contributed by atoms with Crippen LogP contribution >= 0.6 is 11.6 Å². The van der Waals surface area contributed by atoms with E-state index < -0.39 is 0 Å². The molecule has 0 atom stereocenters. The first-order valence-electron chi connectivity index (χ1n) is 5.78. The lowest BCUT2D eigenvalue weighted by Crippen LogP contribution is -2.18. The van der Waals surface area contributed by atoms with Crippen LogP contribution in [0.4, 0.5) is 5.82 Å². The molecule has 1 heterocycles. The van der Waals surface area contributed by atoms with Gasteiger partial charge in [-0.15, -0.1) is 0 Å². The average molecular weight is 262 g/mol. The highest BCUT2D eigenvalue weighted by atomic mass is 35.5.